The van der Waals surface area contributed by atoms with Crippen LogP contribution >= 0.6 is 11.6 Å². The highest BCUT2D eigenvalue weighted by Gasteiger charge is 2.36. The fourth-order valence-corrected chi connectivity index (χ4v) is 5.72. The maximum Gasteiger partial charge on any atom is 0.248 e. The molecule has 6 rings (SSSR count). The predicted octanol–water partition coefficient (Wildman–Crippen LogP) is 5.08. The molecule has 0 radical (unpaired) electrons. The Balaban J connectivity index is 1.25. The number of morpholine rings is 1. The number of hydrogen-bond acceptors (Lipinski definition) is 8. The van der Waals surface area contributed by atoms with Crippen LogP contribution in [0.15, 0.2) is 48.8 Å². The zero-order chi connectivity index (χ0) is 27.5. The quantitative estimate of drug-likeness (QED) is 0.364. The molecule has 2 bridgehead atoms. The maximum atomic E-state index is 13.7. The van der Waals surface area contributed by atoms with Gasteiger partial charge in [-0.1, -0.05) is 17.7 Å². The van der Waals surface area contributed by atoms with Crippen LogP contribution in [0.4, 0.5) is 21.6 Å². The van der Waals surface area contributed by atoms with E-state index in [0.29, 0.717) is 65.7 Å². The summed E-state index contributed by atoms with van der Waals surface area (Å²) in [6, 6.07) is 8.77. The second-order valence-corrected chi connectivity index (χ2v) is 10.7. The van der Waals surface area contributed by atoms with Crippen LogP contribution in [0.3, 0.4) is 0 Å². The van der Waals surface area contributed by atoms with Crippen molar-refractivity contribution in [2.24, 2.45) is 0 Å². The van der Waals surface area contributed by atoms with E-state index in [2.05, 4.69) is 25.5 Å². The molecular formula is C29H31ClFN5O4. The molecule has 3 unspecified atom stereocenters. The zero-order valence-corrected chi connectivity index (χ0v) is 22.7. The minimum atomic E-state index is -0.507. The van der Waals surface area contributed by atoms with E-state index in [1.54, 1.807) is 24.3 Å². The molecule has 2 N–H and O–H groups in total. The standard InChI is InChI=1S/C29H31ClFN5O4/c30-23-11-18(5-8-24(23)31)34-29-22-12-26(27(13-25(22)32-17-33-29)40-21-3-2-10-38-16-21)35-28(37)4-1-9-36-19-6-7-20(36)15-39-14-19/h1,4-5,8,11-13,17,19-21H,2-3,6-7,9-10,14-16H2,(H,35,37)(H,32,33,34)/b4-1+. The monoisotopic (exact) mass is 567 g/mol. The lowest BCUT2D eigenvalue weighted by molar-refractivity contribution is -0.112. The third-order valence-corrected chi connectivity index (χ3v) is 7.86. The van der Waals surface area contributed by atoms with Gasteiger partial charge in [0.15, 0.2) is 0 Å². The molecule has 40 heavy (non-hydrogen) atoms. The van der Waals surface area contributed by atoms with Crippen LogP contribution in [-0.2, 0) is 14.3 Å². The fraction of sp³-hybridized carbons (Fsp3) is 0.414. The van der Waals surface area contributed by atoms with Crippen molar-refractivity contribution in [3.05, 3.63) is 59.7 Å². The van der Waals surface area contributed by atoms with Gasteiger partial charge in [-0.05, 0) is 49.9 Å². The third-order valence-electron chi connectivity index (χ3n) is 7.57. The summed E-state index contributed by atoms with van der Waals surface area (Å²) < 4.78 is 31.2. The molecule has 9 nitrogen and oxygen atoms in total. The Bertz CT molecular complexity index is 1400. The summed E-state index contributed by atoms with van der Waals surface area (Å²) in [6.45, 7) is 3.40. The molecule has 0 saturated carbocycles. The average Bonchev–Trinajstić information content (AvgIpc) is 3.16. The zero-order valence-electron chi connectivity index (χ0n) is 21.9. The SMILES string of the molecule is O=C(/C=C/CN1C2CCC1COC2)Nc1cc2c(Nc3ccc(F)c(Cl)c3)ncnc2cc1OC1CCCOC1. The number of rotatable bonds is 8. The van der Waals surface area contributed by atoms with Crippen LogP contribution < -0.4 is 15.4 Å². The number of halogens is 2. The lowest BCUT2D eigenvalue weighted by atomic mass is 10.1. The second kappa shape index (κ2) is 12.1. The Hall–Kier alpha value is -3.31. The van der Waals surface area contributed by atoms with Gasteiger partial charge in [-0.25, -0.2) is 14.4 Å². The first kappa shape index (κ1) is 26.9. The van der Waals surface area contributed by atoms with Crippen molar-refractivity contribution in [3.8, 4) is 5.75 Å². The normalized spacial score (nSPS) is 23.0. The molecule has 3 aliphatic heterocycles. The number of nitrogens with zero attached hydrogens (tertiary/aromatic N) is 3. The molecule has 0 aliphatic carbocycles. The molecule has 1 aromatic heterocycles. The van der Waals surface area contributed by atoms with Crippen molar-refractivity contribution in [1.82, 2.24) is 14.9 Å². The molecule has 2 aromatic carbocycles. The largest absolute Gasteiger partial charge is 0.486 e. The number of aromatic nitrogens is 2. The molecule has 3 aromatic rings. The summed E-state index contributed by atoms with van der Waals surface area (Å²) in [7, 11) is 0. The summed E-state index contributed by atoms with van der Waals surface area (Å²) in [5.41, 5.74) is 1.68. The summed E-state index contributed by atoms with van der Waals surface area (Å²) in [5, 5.41) is 6.81. The number of carbonyl (C=O) groups excluding carboxylic acids is 1. The van der Waals surface area contributed by atoms with Crippen LogP contribution in [-0.4, -0.2) is 71.9 Å². The number of amides is 1. The van der Waals surface area contributed by atoms with E-state index in [1.807, 2.05) is 6.08 Å². The van der Waals surface area contributed by atoms with Crippen molar-refractivity contribution in [2.75, 3.05) is 43.6 Å². The van der Waals surface area contributed by atoms with Gasteiger partial charge < -0.3 is 24.8 Å². The average molecular weight is 568 g/mol. The second-order valence-electron chi connectivity index (χ2n) is 10.3. The van der Waals surface area contributed by atoms with Gasteiger partial charge in [-0.2, -0.15) is 0 Å². The molecular weight excluding hydrogens is 537 g/mol. The number of fused-ring (bicyclic) bond motifs is 3. The van der Waals surface area contributed by atoms with E-state index in [1.165, 1.54) is 18.5 Å². The van der Waals surface area contributed by atoms with Crippen LogP contribution in [0.2, 0.25) is 5.02 Å². The Morgan fingerprint density at radius 2 is 1.98 bits per heavy atom. The first-order chi connectivity index (χ1) is 19.5. The summed E-state index contributed by atoms with van der Waals surface area (Å²) in [4.78, 5) is 24.3. The molecule has 0 spiro atoms. The van der Waals surface area contributed by atoms with Crippen molar-refractivity contribution in [2.45, 2.75) is 43.9 Å². The van der Waals surface area contributed by atoms with Gasteiger partial charge >= 0.3 is 0 Å². The highest BCUT2D eigenvalue weighted by molar-refractivity contribution is 6.31. The molecule has 1 amide bonds. The van der Waals surface area contributed by atoms with Crippen LogP contribution in [0.25, 0.3) is 10.9 Å². The lowest BCUT2D eigenvalue weighted by Crippen LogP contribution is -2.45. The Kier molecular flexibility index (Phi) is 8.10. The highest BCUT2D eigenvalue weighted by Crippen LogP contribution is 2.35. The van der Waals surface area contributed by atoms with Crippen molar-refractivity contribution in [1.29, 1.82) is 0 Å². The van der Waals surface area contributed by atoms with Gasteiger partial charge in [0.05, 0.1) is 36.0 Å². The molecule has 4 heterocycles. The van der Waals surface area contributed by atoms with Crippen molar-refractivity contribution in [3.63, 3.8) is 0 Å². The minimum Gasteiger partial charge on any atom is -0.486 e. The van der Waals surface area contributed by atoms with Gasteiger partial charge in [0.2, 0.25) is 5.91 Å². The molecule has 3 saturated heterocycles. The van der Waals surface area contributed by atoms with E-state index in [0.717, 1.165) is 38.9 Å². The smallest absolute Gasteiger partial charge is 0.248 e. The molecule has 11 heteroatoms. The number of carbonyl (C=O) groups is 1. The van der Waals surface area contributed by atoms with E-state index in [-0.39, 0.29) is 17.0 Å². The van der Waals surface area contributed by atoms with Crippen LogP contribution in [0.1, 0.15) is 25.7 Å². The number of hydrogen-bond donors (Lipinski definition) is 2. The van der Waals surface area contributed by atoms with Gasteiger partial charge in [-0.15, -0.1) is 0 Å². The molecule has 3 aliphatic rings. The lowest BCUT2D eigenvalue weighted by Gasteiger charge is -2.33. The predicted molar refractivity (Wildman–Crippen MR) is 151 cm³/mol. The van der Waals surface area contributed by atoms with E-state index >= 15 is 0 Å². The first-order valence-electron chi connectivity index (χ1n) is 13.6. The van der Waals surface area contributed by atoms with Crippen molar-refractivity contribution >= 4 is 45.6 Å². The minimum absolute atomic E-state index is 0.00132. The number of benzene rings is 2. The summed E-state index contributed by atoms with van der Waals surface area (Å²) >= 11 is 5.97. The summed E-state index contributed by atoms with van der Waals surface area (Å²) in [5.74, 6) is 0.216. The van der Waals surface area contributed by atoms with Gasteiger partial charge in [0, 0.05) is 48.5 Å². The first-order valence-corrected chi connectivity index (χ1v) is 14.0. The van der Waals surface area contributed by atoms with E-state index in [9.17, 15) is 9.18 Å². The Morgan fingerprint density at radius 1 is 1.12 bits per heavy atom. The van der Waals surface area contributed by atoms with E-state index < -0.39 is 5.82 Å². The van der Waals surface area contributed by atoms with Gasteiger partial charge in [0.1, 0.15) is 29.8 Å². The number of anilines is 3. The molecule has 210 valence electrons. The van der Waals surface area contributed by atoms with Gasteiger partial charge in [-0.3, -0.25) is 9.69 Å². The van der Waals surface area contributed by atoms with Crippen LogP contribution in [0.5, 0.6) is 5.75 Å². The highest BCUT2D eigenvalue weighted by atomic mass is 35.5. The Labute approximate surface area is 236 Å². The summed E-state index contributed by atoms with van der Waals surface area (Å²) in [6.07, 6.45) is 8.80. The number of nitrogens with one attached hydrogen (secondary N) is 2. The maximum absolute atomic E-state index is 13.7. The van der Waals surface area contributed by atoms with Crippen LogP contribution in [0, 0.1) is 5.82 Å². The topological polar surface area (TPSA) is 97.8 Å². The molecule has 3 atom stereocenters. The van der Waals surface area contributed by atoms with E-state index in [4.69, 9.17) is 25.8 Å². The Morgan fingerprint density at radius 3 is 2.75 bits per heavy atom. The number of ether oxygens (including phenoxy) is 3. The van der Waals surface area contributed by atoms with Gasteiger partial charge in [0.25, 0.3) is 0 Å². The fourth-order valence-electron chi connectivity index (χ4n) is 5.54. The molecule has 3 fully saturated rings. The van der Waals surface area contributed by atoms with Crippen molar-refractivity contribution < 1.29 is 23.4 Å². The third kappa shape index (κ3) is 6.05.